The Kier molecular flexibility index (Phi) is 5.76. The normalized spacial score (nSPS) is 13.2. The third kappa shape index (κ3) is 4.02. The highest BCUT2D eigenvalue weighted by atomic mass is 19.1. The Labute approximate surface area is 140 Å². The van der Waals surface area contributed by atoms with E-state index >= 15 is 0 Å². The summed E-state index contributed by atoms with van der Waals surface area (Å²) in [5.74, 6) is -0.728. The maximum atomic E-state index is 13.3. The summed E-state index contributed by atoms with van der Waals surface area (Å²) in [7, 11) is 3.12. The molecule has 0 aromatic heterocycles. The molecule has 6 heteroatoms. The Morgan fingerprint density at radius 2 is 1.83 bits per heavy atom. The largest absolute Gasteiger partial charge is 0.507 e. The maximum Gasteiger partial charge on any atom is 0.255 e. The molecule has 24 heavy (non-hydrogen) atoms. The van der Waals surface area contributed by atoms with Gasteiger partial charge in [0.25, 0.3) is 5.91 Å². The molecule has 0 saturated heterocycles. The van der Waals surface area contributed by atoms with E-state index in [0.29, 0.717) is 0 Å². The van der Waals surface area contributed by atoms with E-state index < -0.39 is 23.9 Å². The van der Waals surface area contributed by atoms with Gasteiger partial charge >= 0.3 is 0 Å². The number of carbonyl (C=O) groups excluding carboxylic acids is 1. The molecule has 0 heterocycles. The molecule has 0 unspecified atom stereocenters. The van der Waals surface area contributed by atoms with Crippen molar-refractivity contribution >= 4 is 5.91 Å². The Morgan fingerprint density at radius 3 is 2.42 bits per heavy atom. The van der Waals surface area contributed by atoms with Crippen LogP contribution in [0, 0.1) is 5.82 Å². The van der Waals surface area contributed by atoms with Gasteiger partial charge in [-0.15, -0.1) is 0 Å². The van der Waals surface area contributed by atoms with E-state index in [1.807, 2.05) is 12.1 Å². The molecule has 2 atom stereocenters. The highest BCUT2D eigenvalue weighted by Gasteiger charge is 2.22. The number of hydrogen-bond acceptors (Lipinski definition) is 4. The minimum absolute atomic E-state index is 0.119. The Hall–Kier alpha value is -2.60. The number of benzene rings is 2. The second-order valence-corrected chi connectivity index (χ2v) is 5.35. The summed E-state index contributed by atoms with van der Waals surface area (Å²) in [6.45, 7) is 1.77. The van der Waals surface area contributed by atoms with Crippen molar-refractivity contribution in [3.05, 3.63) is 59.4 Å². The van der Waals surface area contributed by atoms with Crippen molar-refractivity contribution < 1.29 is 23.8 Å². The van der Waals surface area contributed by atoms with Crippen LogP contribution in [0.15, 0.2) is 42.5 Å². The summed E-state index contributed by atoms with van der Waals surface area (Å²) in [5, 5.41) is 12.4. The van der Waals surface area contributed by atoms with Gasteiger partial charge in [0.2, 0.25) is 0 Å². The average Bonchev–Trinajstić information content (AvgIpc) is 2.58. The first-order chi connectivity index (χ1) is 11.5. The number of phenolic OH excluding ortho intramolecular Hbond substituents is 1. The van der Waals surface area contributed by atoms with Crippen molar-refractivity contribution in [3.63, 3.8) is 0 Å². The first-order valence-corrected chi connectivity index (χ1v) is 7.42. The molecular weight excluding hydrogens is 313 g/mol. The summed E-state index contributed by atoms with van der Waals surface area (Å²) < 4.78 is 23.9. The van der Waals surface area contributed by atoms with Crippen LogP contribution >= 0.6 is 0 Å². The lowest BCUT2D eigenvalue weighted by molar-refractivity contribution is 0.0643. The van der Waals surface area contributed by atoms with E-state index in [4.69, 9.17) is 9.47 Å². The highest BCUT2D eigenvalue weighted by molar-refractivity contribution is 5.97. The molecule has 0 aliphatic carbocycles. The van der Waals surface area contributed by atoms with Crippen molar-refractivity contribution in [2.45, 2.75) is 19.1 Å². The molecule has 2 N–H and O–H groups in total. The number of ether oxygens (including phenoxy) is 2. The average molecular weight is 333 g/mol. The summed E-state index contributed by atoms with van der Waals surface area (Å²) in [5.41, 5.74) is 0.737. The number of carbonyl (C=O) groups is 1. The zero-order valence-electron chi connectivity index (χ0n) is 13.7. The van der Waals surface area contributed by atoms with Crippen LogP contribution in [0.2, 0.25) is 0 Å². The van der Waals surface area contributed by atoms with Crippen LogP contribution < -0.4 is 10.1 Å². The summed E-state index contributed by atoms with van der Waals surface area (Å²) in [4.78, 5) is 12.3. The van der Waals surface area contributed by atoms with Gasteiger partial charge in [0.15, 0.2) is 0 Å². The zero-order chi connectivity index (χ0) is 17.7. The summed E-state index contributed by atoms with van der Waals surface area (Å²) in [6.07, 6.45) is -0.407. The van der Waals surface area contributed by atoms with Crippen molar-refractivity contribution in [3.8, 4) is 11.5 Å². The van der Waals surface area contributed by atoms with Crippen LogP contribution in [-0.2, 0) is 4.74 Å². The topological polar surface area (TPSA) is 67.8 Å². The number of methoxy groups -OCH3 is 2. The first kappa shape index (κ1) is 17.7. The van der Waals surface area contributed by atoms with Gasteiger partial charge in [-0.2, -0.15) is 0 Å². The van der Waals surface area contributed by atoms with E-state index in [1.54, 1.807) is 26.2 Å². The van der Waals surface area contributed by atoms with Crippen LogP contribution in [0.3, 0.4) is 0 Å². The molecule has 128 valence electrons. The first-order valence-electron chi connectivity index (χ1n) is 7.42. The fourth-order valence-electron chi connectivity index (χ4n) is 2.47. The van der Waals surface area contributed by atoms with Crippen LogP contribution in [0.5, 0.6) is 11.5 Å². The van der Waals surface area contributed by atoms with Crippen LogP contribution in [0.25, 0.3) is 0 Å². The predicted octanol–water partition coefficient (Wildman–Crippen LogP) is 3.05. The SMILES string of the molecule is COc1ccc([C@@H](OC)[C@@H](C)NC(=O)c2cc(F)ccc2O)cc1. The molecular formula is C18H20FNO4. The molecule has 1 amide bonds. The Morgan fingerprint density at radius 1 is 1.17 bits per heavy atom. The van der Waals surface area contributed by atoms with Gasteiger partial charge in [0, 0.05) is 7.11 Å². The number of hydrogen-bond donors (Lipinski definition) is 2. The van der Waals surface area contributed by atoms with Crippen molar-refractivity contribution in [2.24, 2.45) is 0 Å². The lowest BCUT2D eigenvalue weighted by atomic mass is 10.0. The fourth-order valence-corrected chi connectivity index (χ4v) is 2.47. The number of amides is 1. The van der Waals surface area contributed by atoms with Crippen LogP contribution in [0.4, 0.5) is 4.39 Å². The molecule has 0 fully saturated rings. The quantitative estimate of drug-likeness (QED) is 0.853. The second-order valence-electron chi connectivity index (χ2n) is 5.35. The van der Waals surface area contributed by atoms with E-state index in [0.717, 1.165) is 29.5 Å². The Bertz CT molecular complexity index is 703. The van der Waals surface area contributed by atoms with Crippen LogP contribution in [-0.4, -0.2) is 31.3 Å². The number of halogens is 1. The number of rotatable bonds is 6. The lowest BCUT2D eigenvalue weighted by Gasteiger charge is -2.24. The molecule has 0 aliphatic heterocycles. The van der Waals surface area contributed by atoms with E-state index in [9.17, 15) is 14.3 Å². The Balaban J connectivity index is 2.14. The number of nitrogens with one attached hydrogen (secondary N) is 1. The van der Waals surface area contributed by atoms with Crippen molar-refractivity contribution in [2.75, 3.05) is 14.2 Å². The lowest BCUT2D eigenvalue weighted by Crippen LogP contribution is -2.37. The monoisotopic (exact) mass is 333 g/mol. The van der Waals surface area contributed by atoms with Crippen molar-refractivity contribution in [1.82, 2.24) is 5.32 Å². The minimum atomic E-state index is -0.593. The smallest absolute Gasteiger partial charge is 0.255 e. The number of phenols is 1. The highest BCUT2D eigenvalue weighted by Crippen LogP contribution is 2.24. The summed E-state index contributed by atoms with van der Waals surface area (Å²) >= 11 is 0. The molecule has 0 spiro atoms. The van der Waals surface area contributed by atoms with E-state index in [2.05, 4.69) is 5.32 Å². The van der Waals surface area contributed by atoms with E-state index in [1.165, 1.54) is 7.11 Å². The van der Waals surface area contributed by atoms with Gasteiger partial charge in [-0.25, -0.2) is 4.39 Å². The second kappa shape index (κ2) is 7.79. The maximum absolute atomic E-state index is 13.3. The summed E-state index contributed by atoms with van der Waals surface area (Å²) in [6, 6.07) is 10.1. The van der Waals surface area contributed by atoms with Gasteiger partial charge in [0.1, 0.15) is 23.4 Å². The standard InChI is InChI=1S/C18H20FNO4/c1-11(17(24-3)12-4-7-14(23-2)8-5-12)20-18(22)15-10-13(19)6-9-16(15)21/h4-11,17,21H,1-3H3,(H,20,22)/t11-,17+/m1/s1. The fraction of sp³-hybridized carbons (Fsp3) is 0.278. The third-order valence-electron chi connectivity index (χ3n) is 3.71. The molecule has 2 aromatic rings. The van der Waals surface area contributed by atoms with E-state index in [-0.39, 0.29) is 11.3 Å². The molecule has 2 aromatic carbocycles. The molecule has 0 aliphatic rings. The minimum Gasteiger partial charge on any atom is -0.507 e. The van der Waals surface area contributed by atoms with Crippen LogP contribution in [0.1, 0.15) is 28.9 Å². The zero-order valence-corrected chi connectivity index (χ0v) is 13.7. The van der Waals surface area contributed by atoms with Crippen molar-refractivity contribution in [1.29, 1.82) is 0 Å². The third-order valence-corrected chi connectivity index (χ3v) is 3.71. The van der Waals surface area contributed by atoms with Gasteiger partial charge < -0.3 is 19.9 Å². The molecule has 0 saturated carbocycles. The molecule has 5 nitrogen and oxygen atoms in total. The van der Waals surface area contributed by atoms with Gasteiger partial charge in [-0.3, -0.25) is 4.79 Å². The number of aromatic hydroxyl groups is 1. The van der Waals surface area contributed by atoms with Gasteiger partial charge in [-0.05, 0) is 42.8 Å². The van der Waals surface area contributed by atoms with Gasteiger partial charge in [-0.1, -0.05) is 12.1 Å². The molecule has 2 rings (SSSR count). The molecule has 0 bridgehead atoms. The molecule has 0 radical (unpaired) electrons. The predicted molar refractivity (Wildman–Crippen MR) is 87.7 cm³/mol. The van der Waals surface area contributed by atoms with Gasteiger partial charge in [0.05, 0.1) is 18.7 Å².